The van der Waals surface area contributed by atoms with E-state index in [0.29, 0.717) is 12.6 Å². The average molecular weight is 214 g/mol. The fourth-order valence-corrected chi connectivity index (χ4v) is 1.84. The first-order chi connectivity index (χ1) is 7.13. The number of hydrogen-bond donors (Lipinski definition) is 2. The molecule has 0 spiro atoms. The Bertz CT molecular complexity index is 207. The Balaban J connectivity index is 2.32. The molecule has 0 aliphatic carbocycles. The van der Waals surface area contributed by atoms with Crippen molar-refractivity contribution in [1.29, 1.82) is 0 Å². The number of rotatable bonds is 4. The van der Waals surface area contributed by atoms with Crippen LogP contribution in [0.15, 0.2) is 0 Å². The minimum atomic E-state index is 0.154. The van der Waals surface area contributed by atoms with Crippen molar-refractivity contribution in [1.82, 2.24) is 10.2 Å². The molecule has 0 aromatic rings. The van der Waals surface area contributed by atoms with Crippen LogP contribution in [0.3, 0.4) is 0 Å². The van der Waals surface area contributed by atoms with Crippen molar-refractivity contribution in [2.45, 2.75) is 32.7 Å². The quantitative estimate of drug-likeness (QED) is 0.703. The van der Waals surface area contributed by atoms with Crippen LogP contribution in [0.1, 0.15) is 26.7 Å². The summed E-state index contributed by atoms with van der Waals surface area (Å²) in [5.41, 5.74) is 0. The first kappa shape index (κ1) is 12.5. The lowest BCUT2D eigenvalue weighted by Crippen LogP contribution is -2.45. The van der Waals surface area contributed by atoms with Gasteiger partial charge in [-0.1, -0.05) is 13.8 Å². The molecule has 0 saturated carbocycles. The van der Waals surface area contributed by atoms with Crippen molar-refractivity contribution >= 4 is 5.91 Å². The number of piperidine rings is 1. The van der Waals surface area contributed by atoms with Gasteiger partial charge in [-0.3, -0.25) is 4.79 Å². The van der Waals surface area contributed by atoms with Crippen LogP contribution in [0.4, 0.5) is 0 Å². The number of likely N-dealkylation sites (tertiary alicyclic amines) is 1. The number of carbonyl (C=O) groups is 1. The molecule has 88 valence electrons. The van der Waals surface area contributed by atoms with Crippen molar-refractivity contribution in [2.75, 3.05) is 26.2 Å². The molecule has 1 unspecified atom stereocenters. The summed E-state index contributed by atoms with van der Waals surface area (Å²) in [6, 6.07) is 0.340. The van der Waals surface area contributed by atoms with E-state index in [2.05, 4.69) is 5.32 Å². The standard InChI is InChI=1S/C11H22N2O2/c1-9(2)12-6-11(15)13-5-3-4-10(7-13)8-14/h9-10,12,14H,3-8H2,1-2H3. The number of nitrogens with one attached hydrogen (secondary N) is 1. The molecule has 0 bridgehead atoms. The highest BCUT2D eigenvalue weighted by Gasteiger charge is 2.22. The zero-order valence-electron chi connectivity index (χ0n) is 9.70. The number of aliphatic hydroxyl groups is 1. The predicted molar refractivity (Wildman–Crippen MR) is 59.5 cm³/mol. The SMILES string of the molecule is CC(C)NCC(=O)N1CCCC(CO)C1. The van der Waals surface area contributed by atoms with E-state index in [1.165, 1.54) is 0 Å². The second-order valence-electron chi connectivity index (χ2n) is 4.57. The Morgan fingerprint density at radius 3 is 2.93 bits per heavy atom. The van der Waals surface area contributed by atoms with E-state index in [0.717, 1.165) is 25.9 Å². The molecular weight excluding hydrogens is 192 g/mol. The molecule has 1 fully saturated rings. The van der Waals surface area contributed by atoms with Gasteiger partial charge in [-0.2, -0.15) is 0 Å². The molecule has 4 nitrogen and oxygen atoms in total. The Morgan fingerprint density at radius 2 is 2.33 bits per heavy atom. The summed E-state index contributed by atoms with van der Waals surface area (Å²) in [7, 11) is 0. The maximum atomic E-state index is 11.7. The summed E-state index contributed by atoms with van der Waals surface area (Å²) in [6.07, 6.45) is 2.05. The Labute approximate surface area is 91.6 Å². The molecule has 1 heterocycles. The third kappa shape index (κ3) is 4.18. The number of carbonyl (C=O) groups excluding carboxylic acids is 1. The molecule has 1 aliphatic heterocycles. The summed E-state index contributed by atoms with van der Waals surface area (Å²) in [5, 5.41) is 12.2. The van der Waals surface area contributed by atoms with Gasteiger partial charge in [-0.25, -0.2) is 0 Å². The van der Waals surface area contributed by atoms with Gasteiger partial charge in [0.15, 0.2) is 0 Å². The fraction of sp³-hybridized carbons (Fsp3) is 0.909. The summed E-state index contributed by atoms with van der Waals surface area (Å²) < 4.78 is 0. The van der Waals surface area contributed by atoms with Crippen LogP contribution in [0.25, 0.3) is 0 Å². The maximum absolute atomic E-state index is 11.7. The first-order valence-electron chi connectivity index (χ1n) is 5.75. The van der Waals surface area contributed by atoms with Gasteiger partial charge < -0.3 is 15.3 Å². The topological polar surface area (TPSA) is 52.6 Å². The lowest BCUT2D eigenvalue weighted by molar-refractivity contribution is -0.132. The van der Waals surface area contributed by atoms with Crippen molar-refractivity contribution in [3.8, 4) is 0 Å². The average Bonchev–Trinajstić information content (AvgIpc) is 2.26. The minimum absolute atomic E-state index is 0.154. The van der Waals surface area contributed by atoms with Gasteiger partial charge in [0.2, 0.25) is 5.91 Å². The molecule has 0 aromatic heterocycles. The highest BCUT2D eigenvalue weighted by atomic mass is 16.3. The van der Waals surface area contributed by atoms with Crippen LogP contribution in [-0.2, 0) is 4.79 Å². The monoisotopic (exact) mass is 214 g/mol. The van der Waals surface area contributed by atoms with Gasteiger partial charge >= 0.3 is 0 Å². The highest BCUT2D eigenvalue weighted by Crippen LogP contribution is 2.15. The van der Waals surface area contributed by atoms with E-state index in [-0.39, 0.29) is 18.4 Å². The smallest absolute Gasteiger partial charge is 0.236 e. The normalized spacial score (nSPS) is 22.1. The van der Waals surface area contributed by atoms with Gasteiger partial charge in [-0.05, 0) is 18.8 Å². The van der Waals surface area contributed by atoms with Crippen LogP contribution in [-0.4, -0.2) is 48.2 Å². The van der Waals surface area contributed by atoms with E-state index in [1.807, 2.05) is 18.7 Å². The predicted octanol–water partition coefficient (Wildman–Crippen LogP) is 0.215. The Morgan fingerprint density at radius 1 is 1.60 bits per heavy atom. The second kappa shape index (κ2) is 6.08. The van der Waals surface area contributed by atoms with Crippen molar-refractivity contribution in [2.24, 2.45) is 5.92 Å². The van der Waals surface area contributed by atoms with E-state index >= 15 is 0 Å². The molecule has 2 N–H and O–H groups in total. The Hall–Kier alpha value is -0.610. The largest absolute Gasteiger partial charge is 0.396 e. The van der Waals surface area contributed by atoms with Gasteiger partial charge in [-0.15, -0.1) is 0 Å². The highest BCUT2D eigenvalue weighted by molar-refractivity contribution is 5.78. The van der Waals surface area contributed by atoms with Gasteiger partial charge in [0.1, 0.15) is 0 Å². The minimum Gasteiger partial charge on any atom is -0.396 e. The van der Waals surface area contributed by atoms with Crippen LogP contribution >= 0.6 is 0 Å². The number of aliphatic hydroxyl groups excluding tert-OH is 1. The molecular formula is C11H22N2O2. The number of hydrogen-bond acceptors (Lipinski definition) is 3. The molecule has 4 heteroatoms. The number of nitrogens with zero attached hydrogens (tertiary/aromatic N) is 1. The molecule has 0 aromatic carbocycles. The maximum Gasteiger partial charge on any atom is 0.236 e. The van der Waals surface area contributed by atoms with Gasteiger partial charge in [0.05, 0.1) is 6.54 Å². The zero-order chi connectivity index (χ0) is 11.3. The van der Waals surface area contributed by atoms with Crippen LogP contribution < -0.4 is 5.32 Å². The zero-order valence-corrected chi connectivity index (χ0v) is 9.70. The van der Waals surface area contributed by atoms with Crippen molar-refractivity contribution < 1.29 is 9.90 Å². The summed E-state index contributed by atoms with van der Waals surface area (Å²) in [4.78, 5) is 13.6. The summed E-state index contributed by atoms with van der Waals surface area (Å²) in [5.74, 6) is 0.434. The summed E-state index contributed by atoms with van der Waals surface area (Å²) >= 11 is 0. The van der Waals surface area contributed by atoms with Crippen molar-refractivity contribution in [3.05, 3.63) is 0 Å². The van der Waals surface area contributed by atoms with Crippen LogP contribution in [0.2, 0.25) is 0 Å². The van der Waals surface area contributed by atoms with E-state index in [9.17, 15) is 4.79 Å². The summed E-state index contributed by atoms with van der Waals surface area (Å²) in [6.45, 7) is 6.22. The molecule has 0 radical (unpaired) electrons. The fourth-order valence-electron chi connectivity index (χ4n) is 1.84. The van der Waals surface area contributed by atoms with Crippen molar-refractivity contribution in [3.63, 3.8) is 0 Å². The van der Waals surface area contributed by atoms with E-state index in [4.69, 9.17) is 5.11 Å². The van der Waals surface area contributed by atoms with Gasteiger partial charge in [0.25, 0.3) is 0 Å². The van der Waals surface area contributed by atoms with E-state index < -0.39 is 0 Å². The molecule has 1 atom stereocenters. The van der Waals surface area contributed by atoms with Crippen LogP contribution in [0, 0.1) is 5.92 Å². The Kier molecular flexibility index (Phi) is 5.05. The third-order valence-corrected chi connectivity index (χ3v) is 2.79. The molecule has 1 aliphatic rings. The molecule has 1 saturated heterocycles. The third-order valence-electron chi connectivity index (χ3n) is 2.79. The van der Waals surface area contributed by atoms with Crippen LogP contribution in [0.5, 0.6) is 0 Å². The van der Waals surface area contributed by atoms with E-state index in [1.54, 1.807) is 0 Å². The first-order valence-corrected chi connectivity index (χ1v) is 5.75. The molecule has 1 amide bonds. The van der Waals surface area contributed by atoms with Gasteiger partial charge in [0, 0.05) is 25.7 Å². The second-order valence-corrected chi connectivity index (χ2v) is 4.57. The molecule has 1 rings (SSSR count). The molecule has 15 heavy (non-hydrogen) atoms. The lowest BCUT2D eigenvalue weighted by atomic mass is 9.99. The number of amides is 1. The lowest BCUT2D eigenvalue weighted by Gasteiger charge is -2.32.